The number of carbonyl (C=O) groups excluding carboxylic acids is 1. The maximum absolute atomic E-state index is 12.4. The van der Waals surface area contributed by atoms with Crippen LogP contribution in [0.3, 0.4) is 0 Å². The monoisotopic (exact) mass is 399 g/mol. The molecule has 0 aliphatic rings. The molecule has 0 spiro atoms. The van der Waals surface area contributed by atoms with Gasteiger partial charge in [-0.05, 0) is 30.2 Å². The van der Waals surface area contributed by atoms with E-state index >= 15 is 0 Å². The Morgan fingerprint density at radius 1 is 1.08 bits per heavy atom. The first-order chi connectivity index (χ1) is 11.7. The van der Waals surface area contributed by atoms with Gasteiger partial charge in [-0.2, -0.15) is 0 Å². The molecule has 2 aromatic rings. The van der Waals surface area contributed by atoms with Crippen LogP contribution in [0, 0.1) is 0 Å². The molecule has 7 heteroatoms. The van der Waals surface area contributed by atoms with Crippen molar-refractivity contribution in [3.63, 3.8) is 0 Å². The van der Waals surface area contributed by atoms with Gasteiger partial charge in [-0.3, -0.25) is 4.79 Å². The van der Waals surface area contributed by atoms with E-state index in [4.69, 9.17) is 23.2 Å². The van der Waals surface area contributed by atoms with Gasteiger partial charge in [0.05, 0.1) is 21.8 Å². The molecule has 0 saturated carbocycles. The Balaban J connectivity index is 2.06. The van der Waals surface area contributed by atoms with E-state index in [9.17, 15) is 13.2 Å². The third-order valence-corrected chi connectivity index (χ3v) is 6.17. The quantitative estimate of drug-likeness (QED) is 0.733. The minimum atomic E-state index is -3.62. The van der Waals surface area contributed by atoms with Crippen molar-refractivity contribution in [2.75, 3.05) is 12.8 Å². The fraction of sp³-hybridized carbons (Fsp3) is 0.278. The fourth-order valence-corrected chi connectivity index (χ4v) is 4.09. The highest BCUT2D eigenvalue weighted by atomic mass is 35.5. The van der Waals surface area contributed by atoms with E-state index in [2.05, 4.69) is 0 Å². The molecule has 0 bridgehead atoms. The van der Waals surface area contributed by atoms with Crippen molar-refractivity contribution in [2.45, 2.75) is 18.7 Å². The van der Waals surface area contributed by atoms with Crippen LogP contribution in [0.1, 0.15) is 24.1 Å². The largest absolute Gasteiger partial charge is 0.338 e. The van der Waals surface area contributed by atoms with Gasteiger partial charge in [0, 0.05) is 7.05 Å². The van der Waals surface area contributed by atoms with Gasteiger partial charge < -0.3 is 4.90 Å². The standard InChI is InChI=1S/C18H19Cl2NO3S/c1-13(15-6-4-3-5-7-15)21(2)18(22)12-25(23,24)11-14-8-9-16(19)17(20)10-14/h3-10,13H,11-12H2,1-2H3/t13-/m0/s1. The molecule has 134 valence electrons. The molecule has 0 unspecified atom stereocenters. The average Bonchev–Trinajstić information content (AvgIpc) is 2.57. The summed E-state index contributed by atoms with van der Waals surface area (Å²) in [6, 6.07) is 13.9. The number of hydrogen-bond acceptors (Lipinski definition) is 3. The van der Waals surface area contributed by atoms with Crippen LogP contribution in [-0.4, -0.2) is 32.0 Å². The van der Waals surface area contributed by atoms with E-state index in [1.54, 1.807) is 19.2 Å². The zero-order valence-corrected chi connectivity index (χ0v) is 16.3. The molecule has 0 fully saturated rings. The van der Waals surface area contributed by atoms with Crippen molar-refractivity contribution in [3.05, 3.63) is 69.7 Å². The summed E-state index contributed by atoms with van der Waals surface area (Å²) >= 11 is 11.7. The lowest BCUT2D eigenvalue weighted by Crippen LogP contribution is -2.34. The molecule has 0 aromatic heterocycles. The zero-order valence-electron chi connectivity index (χ0n) is 13.9. The highest BCUT2D eigenvalue weighted by Crippen LogP contribution is 2.24. The molecule has 0 aliphatic heterocycles. The number of benzene rings is 2. The molecule has 0 N–H and O–H groups in total. The van der Waals surface area contributed by atoms with Gasteiger partial charge in [0.2, 0.25) is 5.91 Å². The molecular formula is C18H19Cl2NO3S. The Morgan fingerprint density at radius 2 is 1.72 bits per heavy atom. The number of nitrogens with zero attached hydrogens (tertiary/aromatic N) is 1. The Bertz CT molecular complexity index is 854. The van der Waals surface area contributed by atoms with E-state index in [1.807, 2.05) is 37.3 Å². The van der Waals surface area contributed by atoms with Crippen LogP contribution in [-0.2, 0) is 20.4 Å². The van der Waals surface area contributed by atoms with Crippen molar-refractivity contribution >= 4 is 38.9 Å². The first-order valence-electron chi connectivity index (χ1n) is 7.64. The number of sulfone groups is 1. The maximum atomic E-state index is 12.4. The molecule has 0 aliphatic carbocycles. The summed E-state index contributed by atoms with van der Waals surface area (Å²) < 4.78 is 24.7. The van der Waals surface area contributed by atoms with E-state index in [0.29, 0.717) is 10.6 Å². The smallest absolute Gasteiger partial charge is 0.238 e. The summed E-state index contributed by atoms with van der Waals surface area (Å²) in [4.78, 5) is 13.8. The van der Waals surface area contributed by atoms with E-state index in [-0.39, 0.29) is 16.8 Å². The SMILES string of the molecule is C[C@@H](c1ccccc1)N(C)C(=O)CS(=O)(=O)Cc1ccc(Cl)c(Cl)c1. The molecule has 0 saturated heterocycles. The van der Waals surface area contributed by atoms with Gasteiger partial charge in [0.25, 0.3) is 0 Å². The second kappa shape index (κ2) is 8.21. The molecule has 1 amide bonds. The van der Waals surface area contributed by atoms with Crippen molar-refractivity contribution in [1.29, 1.82) is 0 Å². The second-order valence-corrected chi connectivity index (χ2v) is 8.75. The summed E-state index contributed by atoms with van der Waals surface area (Å²) in [5, 5.41) is 0.644. The third kappa shape index (κ3) is 5.46. The van der Waals surface area contributed by atoms with E-state index in [0.717, 1.165) is 5.56 Å². The second-order valence-electron chi connectivity index (χ2n) is 5.87. The lowest BCUT2D eigenvalue weighted by atomic mass is 10.1. The summed E-state index contributed by atoms with van der Waals surface area (Å²) in [7, 11) is -2.01. The van der Waals surface area contributed by atoms with Gasteiger partial charge in [0.1, 0.15) is 5.75 Å². The van der Waals surface area contributed by atoms with E-state index < -0.39 is 21.5 Å². The molecule has 1 atom stereocenters. The number of hydrogen-bond donors (Lipinski definition) is 0. The van der Waals surface area contributed by atoms with Crippen LogP contribution < -0.4 is 0 Å². The minimum Gasteiger partial charge on any atom is -0.338 e. The van der Waals surface area contributed by atoms with Gasteiger partial charge in [-0.25, -0.2) is 8.42 Å². The zero-order chi connectivity index (χ0) is 18.6. The Morgan fingerprint density at radius 3 is 2.32 bits per heavy atom. The highest BCUT2D eigenvalue weighted by molar-refractivity contribution is 7.91. The normalized spacial score (nSPS) is 12.6. The molecule has 2 aromatic carbocycles. The molecule has 4 nitrogen and oxygen atoms in total. The number of amides is 1. The lowest BCUT2D eigenvalue weighted by Gasteiger charge is -2.25. The van der Waals surface area contributed by atoms with Crippen molar-refractivity contribution in [2.24, 2.45) is 0 Å². The van der Waals surface area contributed by atoms with Crippen LogP contribution in [0.5, 0.6) is 0 Å². The van der Waals surface area contributed by atoms with Gasteiger partial charge >= 0.3 is 0 Å². The number of carbonyl (C=O) groups is 1. The van der Waals surface area contributed by atoms with Crippen LogP contribution in [0.4, 0.5) is 0 Å². The lowest BCUT2D eigenvalue weighted by molar-refractivity contribution is -0.129. The van der Waals surface area contributed by atoms with Crippen LogP contribution in [0.25, 0.3) is 0 Å². The number of rotatable bonds is 6. The van der Waals surface area contributed by atoms with Crippen LogP contribution in [0.2, 0.25) is 10.0 Å². The molecule has 0 radical (unpaired) electrons. The summed E-state index contributed by atoms with van der Waals surface area (Å²) in [6.45, 7) is 1.86. The Labute approximate surface area is 158 Å². The van der Waals surface area contributed by atoms with Gasteiger partial charge in [-0.15, -0.1) is 0 Å². The maximum Gasteiger partial charge on any atom is 0.238 e. The summed E-state index contributed by atoms with van der Waals surface area (Å²) in [5.41, 5.74) is 1.45. The Hall–Kier alpha value is -1.56. The number of halogens is 2. The third-order valence-electron chi connectivity index (χ3n) is 3.97. The van der Waals surface area contributed by atoms with Crippen molar-refractivity contribution < 1.29 is 13.2 Å². The van der Waals surface area contributed by atoms with Gasteiger partial charge in [-0.1, -0.05) is 59.6 Å². The molecular weight excluding hydrogens is 381 g/mol. The summed E-state index contributed by atoms with van der Waals surface area (Å²) in [5.74, 6) is -1.26. The van der Waals surface area contributed by atoms with E-state index in [1.165, 1.54) is 11.0 Å². The predicted octanol–water partition coefficient (Wildman–Crippen LogP) is 4.13. The van der Waals surface area contributed by atoms with Crippen molar-refractivity contribution in [3.8, 4) is 0 Å². The average molecular weight is 400 g/mol. The summed E-state index contributed by atoms with van der Waals surface area (Å²) in [6.07, 6.45) is 0. The highest BCUT2D eigenvalue weighted by Gasteiger charge is 2.24. The fourth-order valence-electron chi connectivity index (χ4n) is 2.40. The first kappa shape index (κ1) is 19.8. The van der Waals surface area contributed by atoms with Crippen LogP contribution in [0.15, 0.2) is 48.5 Å². The topological polar surface area (TPSA) is 54.5 Å². The minimum absolute atomic E-state index is 0.214. The molecule has 25 heavy (non-hydrogen) atoms. The van der Waals surface area contributed by atoms with Gasteiger partial charge in [0.15, 0.2) is 9.84 Å². The van der Waals surface area contributed by atoms with Crippen LogP contribution >= 0.6 is 23.2 Å². The molecule has 0 heterocycles. The predicted molar refractivity (Wildman–Crippen MR) is 102 cm³/mol. The Kier molecular flexibility index (Phi) is 6.49. The van der Waals surface area contributed by atoms with Crippen molar-refractivity contribution in [1.82, 2.24) is 4.90 Å². The first-order valence-corrected chi connectivity index (χ1v) is 10.2. The molecule has 2 rings (SSSR count).